The molecule has 0 radical (unpaired) electrons. The lowest BCUT2D eigenvalue weighted by molar-refractivity contribution is 0.0287. The van der Waals surface area contributed by atoms with Gasteiger partial charge in [0.05, 0.1) is 0 Å². The van der Waals surface area contributed by atoms with Gasteiger partial charge < -0.3 is 4.90 Å². The number of hydrogen-bond donors (Lipinski definition) is 2. The van der Waals surface area contributed by atoms with E-state index in [1.165, 1.54) is 24.8 Å². The van der Waals surface area contributed by atoms with E-state index in [-0.39, 0.29) is 18.2 Å². The second-order valence-electron chi connectivity index (χ2n) is 5.45. The molecule has 0 bridgehead atoms. The lowest BCUT2D eigenvalue weighted by atomic mass is 10.1. The molecule has 1 saturated heterocycles. The highest BCUT2D eigenvalue weighted by atomic mass is 35.5. The SMILES string of the molecule is C1=CN2CCCNC2(NCc2ccccc2)CCC1.Cl. The van der Waals surface area contributed by atoms with Crippen LogP contribution in [0.3, 0.4) is 0 Å². The lowest BCUT2D eigenvalue weighted by Crippen LogP contribution is -2.68. The minimum Gasteiger partial charge on any atom is -0.348 e. The molecule has 1 aromatic carbocycles. The van der Waals surface area contributed by atoms with E-state index in [4.69, 9.17) is 0 Å². The van der Waals surface area contributed by atoms with Crippen molar-refractivity contribution in [2.24, 2.45) is 0 Å². The molecule has 1 fully saturated rings. The summed E-state index contributed by atoms with van der Waals surface area (Å²) in [6.07, 6.45) is 9.39. The number of hydrogen-bond acceptors (Lipinski definition) is 3. The molecule has 0 saturated carbocycles. The second-order valence-corrected chi connectivity index (χ2v) is 5.45. The molecule has 4 heteroatoms. The predicted molar refractivity (Wildman–Crippen MR) is 85.6 cm³/mol. The summed E-state index contributed by atoms with van der Waals surface area (Å²) in [5.41, 5.74) is 1.34. The Balaban J connectivity index is 0.00000147. The van der Waals surface area contributed by atoms with Crippen molar-refractivity contribution in [3.63, 3.8) is 0 Å². The minimum atomic E-state index is -0.0406. The molecule has 1 atom stereocenters. The van der Waals surface area contributed by atoms with Gasteiger partial charge in [-0.05, 0) is 37.4 Å². The minimum absolute atomic E-state index is 0. The van der Waals surface area contributed by atoms with Crippen LogP contribution in [0.1, 0.15) is 31.2 Å². The Morgan fingerprint density at radius 1 is 1.20 bits per heavy atom. The van der Waals surface area contributed by atoms with Gasteiger partial charge in [0.25, 0.3) is 0 Å². The first-order valence-electron chi connectivity index (χ1n) is 7.36. The number of halogens is 1. The topological polar surface area (TPSA) is 27.3 Å². The van der Waals surface area contributed by atoms with Gasteiger partial charge in [0, 0.05) is 19.6 Å². The summed E-state index contributed by atoms with van der Waals surface area (Å²) < 4.78 is 0. The normalized spacial score (nSPS) is 25.5. The molecule has 0 aromatic heterocycles. The highest BCUT2D eigenvalue weighted by Crippen LogP contribution is 2.25. The van der Waals surface area contributed by atoms with Crippen LogP contribution in [0, 0.1) is 0 Å². The molecular formula is C16H24ClN3. The molecule has 3 rings (SSSR count). The van der Waals surface area contributed by atoms with Crippen molar-refractivity contribution >= 4 is 12.4 Å². The number of benzene rings is 1. The van der Waals surface area contributed by atoms with E-state index in [9.17, 15) is 0 Å². The molecule has 2 aliphatic heterocycles. The zero-order chi connectivity index (χ0) is 13.0. The van der Waals surface area contributed by atoms with Gasteiger partial charge in [0.2, 0.25) is 0 Å². The van der Waals surface area contributed by atoms with Gasteiger partial charge in [-0.1, -0.05) is 36.4 Å². The summed E-state index contributed by atoms with van der Waals surface area (Å²) in [6.45, 7) is 3.16. The van der Waals surface area contributed by atoms with Crippen LogP contribution in [0.5, 0.6) is 0 Å². The van der Waals surface area contributed by atoms with Crippen LogP contribution in [0.25, 0.3) is 0 Å². The lowest BCUT2D eigenvalue weighted by Gasteiger charge is -2.47. The Bertz CT molecular complexity index is 435. The zero-order valence-corrected chi connectivity index (χ0v) is 12.7. The van der Waals surface area contributed by atoms with E-state index in [2.05, 4.69) is 58.1 Å². The standard InChI is InChI=1S/C16H23N3.ClH/c1-3-8-15(9-4-1)14-18-16-10-5-2-6-12-19(16)13-7-11-17-16;/h1,3-4,6,8-9,12,17-18H,2,5,7,10-11,13-14H2;1H. The Morgan fingerprint density at radius 2 is 2.05 bits per heavy atom. The average Bonchev–Trinajstić information content (AvgIpc) is 2.69. The van der Waals surface area contributed by atoms with Gasteiger partial charge in [-0.2, -0.15) is 0 Å². The van der Waals surface area contributed by atoms with Crippen molar-refractivity contribution in [3.05, 3.63) is 48.2 Å². The van der Waals surface area contributed by atoms with Crippen LogP contribution in [-0.4, -0.2) is 23.8 Å². The molecule has 0 amide bonds. The predicted octanol–water partition coefficient (Wildman–Crippen LogP) is 2.84. The molecule has 2 aliphatic rings. The van der Waals surface area contributed by atoms with Crippen LogP contribution >= 0.6 is 12.4 Å². The molecule has 0 spiro atoms. The molecular weight excluding hydrogens is 270 g/mol. The number of allylic oxidation sites excluding steroid dienone is 1. The first kappa shape index (κ1) is 15.4. The molecule has 0 aliphatic carbocycles. The third kappa shape index (κ3) is 3.35. The fourth-order valence-corrected chi connectivity index (χ4v) is 3.04. The maximum absolute atomic E-state index is 3.76. The van der Waals surface area contributed by atoms with Crippen molar-refractivity contribution in [2.75, 3.05) is 13.1 Å². The summed E-state index contributed by atoms with van der Waals surface area (Å²) in [5.74, 6) is -0.0406. The van der Waals surface area contributed by atoms with Gasteiger partial charge in [0.15, 0.2) is 0 Å². The Kier molecular flexibility index (Phi) is 5.46. The van der Waals surface area contributed by atoms with Crippen LogP contribution < -0.4 is 10.6 Å². The number of nitrogens with zero attached hydrogens (tertiary/aromatic N) is 1. The molecule has 1 unspecified atom stereocenters. The third-order valence-electron chi connectivity index (χ3n) is 4.11. The van der Waals surface area contributed by atoms with Crippen LogP contribution in [0.15, 0.2) is 42.6 Å². The third-order valence-corrected chi connectivity index (χ3v) is 4.11. The van der Waals surface area contributed by atoms with Crippen molar-refractivity contribution in [1.82, 2.24) is 15.5 Å². The fraction of sp³-hybridized carbons (Fsp3) is 0.500. The maximum Gasteiger partial charge on any atom is 0.146 e. The monoisotopic (exact) mass is 293 g/mol. The number of rotatable bonds is 3. The molecule has 3 nitrogen and oxygen atoms in total. The van der Waals surface area contributed by atoms with Gasteiger partial charge in [-0.15, -0.1) is 12.4 Å². The van der Waals surface area contributed by atoms with Crippen molar-refractivity contribution < 1.29 is 0 Å². The van der Waals surface area contributed by atoms with Gasteiger partial charge in [-0.3, -0.25) is 10.6 Å². The number of nitrogens with one attached hydrogen (secondary N) is 2. The van der Waals surface area contributed by atoms with E-state index < -0.39 is 0 Å². The quantitative estimate of drug-likeness (QED) is 0.897. The van der Waals surface area contributed by atoms with E-state index in [0.717, 1.165) is 26.1 Å². The van der Waals surface area contributed by atoms with Crippen molar-refractivity contribution in [2.45, 2.75) is 38.0 Å². The highest BCUT2D eigenvalue weighted by Gasteiger charge is 2.36. The van der Waals surface area contributed by atoms with Crippen molar-refractivity contribution in [1.29, 1.82) is 0 Å². The van der Waals surface area contributed by atoms with E-state index in [1.54, 1.807) is 0 Å². The van der Waals surface area contributed by atoms with Gasteiger partial charge in [-0.25, -0.2) is 0 Å². The van der Waals surface area contributed by atoms with E-state index in [0.29, 0.717) is 0 Å². The first-order valence-corrected chi connectivity index (χ1v) is 7.36. The molecule has 2 heterocycles. The molecule has 110 valence electrons. The largest absolute Gasteiger partial charge is 0.348 e. The Labute approximate surface area is 127 Å². The Morgan fingerprint density at radius 3 is 2.90 bits per heavy atom. The highest BCUT2D eigenvalue weighted by molar-refractivity contribution is 5.85. The molecule has 2 N–H and O–H groups in total. The summed E-state index contributed by atoms with van der Waals surface area (Å²) in [5, 5.41) is 7.47. The average molecular weight is 294 g/mol. The second kappa shape index (κ2) is 7.11. The van der Waals surface area contributed by atoms with Crippen LogP contribution in [-0.2, 0) is 6.54 Å². The van der Waals surface area contributed by atoms with Gasteiger partial charge in [0.1, 0.15) is 5.79 Å². The van der Waals surface area contributed by atoms with E-state index >= 15 is 0 Å². The molecule has 1 aromatic rings. The maximum atomic E-state index is 3.76. The summed E-state index contributed by atoms with van der Waals surface area (Å²) in [6, 6.07) is 10.6. The first-order chi connectivity index (χ1) is 9.39. The van der Waals surface area contributed by atoms with Crippen LogP contribution in [0.2, 0.25) is 0 Å². The Hall–Kier alpha value is -1.03. The summed E-state index contributed by atoms with van der Waals surface area (Å²) >= 11 is 0. The molecule has 20 heavy (non-hydrogen) atoms. The smallest absolute Gasteiger partial charge is 0.146 e. The fourth-order valence-electron chi connectivity index (χ4n) is 3.04. The van der Waals surface area contributed by atoms with Crippen LogP contribution in [0.4, 0.5) is 0 Å². The van der Waals surface area contributed by atoms with Crippen molar-refractivity contribution in [3.8, 4) is 0 Å². The summed E-state index contributed by atoms with van der Waals surface area (Å²) in [4.78, 5) is 2.45. The zero-order valence-electron chi connectivity index (χ0n) is 11.8. The van der Waals surface area contributed by atoms with E-state index in [1.807, 2.05) is 0 Å². The van der Waals surface area contributed by atoms with Gasteiger partial charge >= 0.3 is 0 Å². The summed E-state index contributed by atoms with van der Waals surface area (Å²) in [7, 11) is 0. The number of fused-ring (bicyclic) bond motifs is 1.